The second kappa shape index (κ2) is 4.79. The fourth-order valence-electron chi connectivity index (χ4n) is 2.16. The first-order valence-electron chi connectivity index (χ1n) is 6.00. The Bertz CT molecular complexity index is 693. The van der Waals surface area contributed by atoms with E-state index in [4.69, 9.17) is 10.3 Å². The number of hydrogen-bond acceptors (Lipinski definition) is 5. The van der Waals surface area contributed by atoms with Gasteiger partial charge >= 0.3 is 0 Å². The molecular formula is C14H14N4O. The zero-order valence-electron chi connectivity index (χ0n) is 10.5. The average molecular weight is 254 g/mol. The number of nitrogens with two attached hydrogens (primary N) is 1. The average Bonchev–Trinajstić information content (AvgIpc) is 2.86. The Morgan fingerprint density at radius 1 is 1.32 bits per heavy atom. The number of hydrogen-bond donors (Lipinski definition) is 2. The molecule has 0 saturated heterocycles. The molecule has 5 nitrogen and oxygen atoms in total. The summed E-state index contributed by atoms with van der Waals surface area (Å²) in [5.74, 6) is 6.37. The first-order chi connectivity index (χ1) is 9.29. The van der Waals surface area contributed by atoms with E-state index in [0.717, 1.165) is 28.0 Å². The molecule has 19 heavy (non-hydrogen) atoms. The summed E-state index contributed by atoms with van der Waals surface area (Å²) < 4.78 is 5.90. The van der Waals surface area contributed by atoms with Crippen LogP contribution in [0, 0.1) is 6.92 Å². The molecule has 3 N–H and O–H groups in total. The number of nitrogens with zero attached hydrogens (tertiary/aromatic N) is 2. The molecule has 0 amide bonds. The number of nitrogens with one attached hydrogen (secondary N) is 1. The highest BCUT2D eigenvalue weighted by molar-refractivity contribution is 5.81. The zero-order valence-corrected chi connectivity index (χ0v) is 10.5. The predicted octanol–water partition coefficient (Wildman–Crippen LogP) is 2.08. The van der Waals surface area contributed by atoms with Gasteiger partial charge in [-0.25, -0.2) is 15.4 Å². The van der Waals surface area contributed by atoms with Gasteiger partial charge in [-0.3, -0.25) is 5.84 Å². The molecule has 2 aromatic heterocycles. The lowest BCUT2D eigenvalue weighted by molar-refractivity contribution is 0.470. The number of aryl methyl sites for hydroxylation is 1. The molecule has 5 heteroatoms. The van der Waals surface area contributed by atoms with Crippen LogP contribution in [0.4, 0.5) is 0 Å². The summed E-state index contributed by atoms with van der Waals surface area (Å²) in [6, 6.07) is 9.55. The lowest BCUT2D eigenvalue weighted by Gasteiger charge is -2.11. The molecule has 0 fully saturated rings. The number of furan rings is 1. The van der Waals surface area contributed by atoms with E-state index in [-0.39, 0.29) is 6.04 Å². The second-order valence-electron chi connectivity index (χ2n) is 4.38. The van der Waals surface area contributed by atoms with Crippen LogP contribution in [-0.2, 0) is 0 Å². The molecule has 0 aliphatic rings. The molecule has 3 rings (SSSR count). The maximum Gasteiger partial charge on any atom is 0.137 e. The van der Waals surface area contributed by atoms with Gasteiger partial charge in [0.15, 0.2) is 0 Å². The van der Waals surface area contributed by atoms with Crippen LogP contribution in [0.15, 0.2) is 47.3 Å². The third-order valence-electron chi connectivity index (χ3n) is 3.11. The predicted molar refractivity (Wildman–Crippen MR) is 72.1 cm³/mol. The van der Waals surface area contributed by atoms with Crippen LogP contribution in [0.25, 0.3) is 11.0 Å². The van der Waals surface area contributed by atoms with Gasteiger partial charge in [-0.2, -0.15) is 0 Å². The molecule has 0 saturated carbocycles. The number of para-hydroxylation sites is 1. The Morgan fingerprint density at radius 2 is 2.21 bits per heavy atom. The van der Waals surface area contributed by atoms with Gasteiger partial charge in [0.1, 0.15) is 23.7 Å². The first-order valence-corrected chi connectivity index (χ1v) is 6.00. The van der Waals surface area contributed by atoms with Gasteiger partial charge in [0.2, 0.25) is 0 Å². The monoisotopic (exact) mass is 254 g/mol. The summed E-state index contributed by atoms with van der Waals surface area (Å²) in [5.41, 5.74) is 5.48. The highest BCUT2D eigenvalue weighted by Crippen LogP contribution is 2.28. The van der Waals surface area contributed by atoms with E-state index in [1.807, 2.05) is 37.3 Å². The largest absolute Gasteiger partial charge is 0.459 e. The van der Waals surface area contributed by atoms with Gasteiger partial charge in [-0.1, -0.05) is 18.2 Å². The van der Waals surface area contributed by atoms with Gasteiger partial charge in [-0.05, 0) is 24.6 Å². The van der Waals surface area contributed by atoms with Gasteiger partial charge in [0.25, 0.3) is 0 Å². The van der Waals surface area contributed by atoms with Crippen molar-refractivity contribution in [2.24, 2.45) is 5.84 Å². The normalized spacial score (nSPS) is 12.7. The van der Waals surface area contributed by atoms with E-state index in [9.17, 15) is 0 Å². The van der Waals surface area contributed by atoms with Crippen molar-refractivity contribution in [2.45, 2.75) is 13.0 Å². The van der Waals surface area contributed by atoms with Crippen molar-refractivity contribution in [1.29, 1.82) is 0 Å². The lowest BCUT2D eigenvalue weighted by atomic mass is 10.1. The molecule has 0 bridgehead atoms. The van der Waals surface area contributed by atoms with E-state index in [2.05, 4.69) is 15.4 Å². The fourth-order valence-corrected chi connectivity index (χ4v) is 2.16. The Morgan fingerprint density at radius 3 is 2.89 bits per heavy atom. The summed E-state index contributed by atoms with van der Waals surface area (Å²) in [6.07, 6.45) is 3.17. The number of aromatic nitrogens is 2. The van der Waals surface area contributed by atoms with E-state index in [1.165, 1.54) is 6.33 Å². The van der Waals surface area contributed by atoms with Crippen LogP contribution < -0.4 is 11.3 Å². The van der Waals surface area contributed by atoms with Crippen LogP contribution in [0.2, 0.25) is 0 Å². The molecule has 3 aromatic rings. The van der Waals surface area contributed by atoms with Crippen molar-refractivity contribution in [1.82, 2.24) is 15.4 Å². The third kappa shape index (κ3) is 2.09. The van der Waals surface area contributed by atoms with Crippen molar-refractivity contribution < 1.29 is 4.42 Å². The highest BCUT2D eigenvalue weighted by Gasteiger charge is 2.18. The maximum absolute atomic E-state index is 5.90. The van der Waals surface area contributed by atoms with Crippen LogP contribution in [0.5, 0.6) is 0 Å². The summed E-state index contributed by atoms with van der Waals surface area (Å²) >= 11 is 0. The number of fused-ring (bicyclic) bond motifs is 1. The Labute approximate surface area is 110 Å². The van der Waals surface area contributed by atoms with Crippen molar-refractivity contribution >= 4 is 11.0 Å². The number of benzene rings is 1. The summed E-state index contributed by atoms with van der Waals surface area (Å²) in [7, 11) is 0. The fraction of sp³-hybridized carbons (Fsp3) is 0.143. The molecule has 1 atom stereocenters. The standard InChI is InChI=1S/C14H14N4O/c1-9-3-2-4-10-7-12(19-14(9)10)13(18-15)11-5-6-16-8-17-11/h2-8,13,18H,15H2,1H3. The van der Waals surface area contributed by atoms with Gasteiger partial charge in [-0.15, -0.1) is 0 Å². The molecule has 0 aliphatic heterocycles. The van der Waals surface area contributed by atoms with E-state index in [1.54, 1.807) is 6.20 Å². The van der Waals surface area contributed by atoms with E-state index < -0.39 is 0 Å². The smallest absolute Gasteiger partial charge is 0.137 e. The van der Waals surface area contributed by atoms with Crippen molar-refractivity contribution in [3.8, 4) is 0 Å². The topological polar surface area (TPSA) is 77.0 Å². The summed E-state index contributed by atoms with van der Waals surface area (Å²) in [6.45, 7) is 2.02. The quantitative estimate of drug-likeness (QED) is 0.552. The van der Waals surface area contributed by atoms with Gasteiger partial charge in [0, 0.05) is 11.6 Å². The maximum atomic E-state index is 5.90. The van der Waals surface area contributed by atoms with Crippen molar-refractivity contribution in [3.05, 3.63) is 59.9 Å². The molecule has 2 heterocycles. The van der Waals surface area contributed by atoms with E-state index in [0.29, 0.717) is 0 Å². The van der Waals surface area contributed by atoms with Crippen LogP contribution in [0.3, 0.4) is 0 Å². The molecule has 0 aliphatic carbocycles. The van der Waals surface area contributed by atoms with Crippen LogP contribution in [0.1, 0.15) is 23.1 Å². The van der Waals surface area contributed by atoms with E-state index >= 15 is 0 Å². The van der Waals surface area contributed by atoms with Crippen LogP contribution >= 0.6 is 0 Å². The molecular weight excluding hydrogens is 240 g/mol. The van der Waals surface area contributed by atoms with Gasteiger partial charge < -0.3 is 4.42 Å². The SMILES string of the molecule is Cc1cccc2cc(C(NN)c3ccncn3)oc12. The Hall–Kier alpha value is -2.24. The highest BCUT2D eigenvalue weighted by atomic mass is 16.3. The zero-order chi connectivity index (χ0) is 13.2. The molecule has 0 radical (unpaired) electrons. The molecule has 96 valence electrons. The second-order valence-corrected chi connectivity index (χ2v) is 4.38. The van der Waals surface area contributed by atoms with Crippen molar-refractivity contribution in [2.75, 3.05) is 0 Å². The molecule has 0 spiro atoms. The lowest BCUT2D eigenvalue weighted by Crippen LogP contribution is -2.29. The molecule has 1 aromatic carbocycles. The summed E-state index contributed by atoms with van der Waals surface area (Å²) in [4.78, 5) is 8.11. The Balaban J connectivity index is 2.09. The van der Waals surface area contributed by atoms with Gasteiger partial charge in [0.05, 0.1) is 5.69 Å². The minimum atomic E-state index is -0.283. The Kier molecular flexibility index (Phi) is 2.98. The minimum Gasteiger partial charge on any atom is -0.459 e. The number of rotatable bonds is 3. The van der Waals surface area contributed by atoms with Crippen LogP contribution in [-0.4, -0.2) is 9.97 Å². The number of hydrazine groups is 1. The minimum absolute atomic E-state index is 0.283. The van der Waals surface area contributed by atoms with Crippen molar-refractivity contribution in [3.63, 3.8) is 0 Å². The molecule has 1 unspecified atom stereocenters. The first kappa shape index (κ1) is 11.8. The third-order valence-corrected chi connectivity index (χ3v) is 3.11. The summed E-state index contributed by atoms with van der Waals surface area (Å²) in [5, 5.41) is 1.06.